The third kappa shape index (κ3) is 4.34. The van der Waals surface area contributed by atoms with E-state index < -0.39 is 0 Å². The lowest BCUT2D eigenvalue weighted by atomic mass is 9.83. The van der Waals surface area contributed by atoms with Crippen molar-refractivity contribution in [1.82, 2.24) is 5.32 Å². The van der Waals surface area contributed by atoms with Crippen LogP contribution in [0.3, 0.4) is 0 Å². The van der Waals surface area contributed by atoms with Crippen molar-refractivity contribution in [1.29, 1.82) is 0 Å². The van der Waals surface area contributed by atoms with E-state index in [1.54, 1.807) is 0 Å². The quantitative estimate of drug-likeness (QED) is 0.863. The van der Waals surface area contributed by atoms with E-state index in [0.29, 0.717) is 12.6 Å². The van der Waals surface area contributed by atoms with Gasteiger partial charge in [-0.1, -0.05) is 38.3 Å². The molecule has 2 unspecified atom stereocenters. The van der Waals surface area contributed by atoms with Crippen molar-refractivity contribution >= 4 is 11.6 Å². The van der Waals surface area contributed by atoms with Crippen LogP contribution in [-0.4, -0.2) is 18.5 Å². The molecule has 2 N–H and O–H groups in total. The Morgan fingerprint density at radius 1 is 1.30 bits per heavy atom. The molecule has 1 aromatic carbocycles. The molecule has 0 heterocycles. The fourth-order valence-corrected chi connectivity index (χ4v) is 3.12. The standard InChI is InChI=1S/C17H26N2O/c1-3-14-8-4-5-10-16(14)18-12-17(20)19-15-9-6-7-13(2)11-15/h6-7,9,11,14,16,18H,3-5,8,10,12H2,1-2H3,(H,19,20). The summed E-state index contributed by atoms with van der Waals surface area (Å²) in [6.45, 7) is 4.69. The molecule has 2 rings (SSSR count). The molecular weight excluding hydrogens is 248 g/mol. The van der Waals surface area contributed by atoms with Gasteiger partial charge in [0.1, 0.15) is 0 Å². The minimum absolute atomic E-state index is 0.0519. The van der Waals surface area contributed by atoms with E-state index in [-0.39, 0.29) is 5.91 Å². The van der Waals surface area contributed by atoms with Gasteiger partial charge in [-0.3, -0.25) is 4.79 Å². The lowest BCUT2D eigenvalue weighted by Gasteiger charge is -2.31. The summed E-state index contributed by atoms with van der Waals surface area (Å²) in [5.41, 5.74) is 2.04. The SMILES string of the molecule is CCC1CCCCC1NCC(=O)Nc1cccc(C)c1. The maximum Gasteiger partial charge on any atom is 0.238 e. The smallest absolute Gasteiger partial charge is 0.238 e. The average molecular weight is 274 g/mol. The maximum absolute atomic E-state index is 12.0. The highest BCUT2D eigenvalue weighted by atomic mass is 16.1. The number of carbonyl (C=O) groups is 1. The first-order chi connectivity index (χ1) is 9.69. The zero-order valence-electron chi connectivity index (χ0n) is 12.6. The summed E-state index contributed by atoms with van der Waals surface area (Å²) < 4.78 is 0. The molecule has 0 spiro atoms. The van der Waals surface area contributed by atoms with Crippen molar-refractivity contribution in [2.75, 3.05) is 11.9 Å². The molecule has 0 aliphatic heterocycles. The minimum atomic E-state index is 0.0519. The van der Waals surface area contributed by atoms with Crippen LogP contribution < -0.4 is 10.6 Å². The van der Waals surface area contributed by atoms with Crippen LogP contribution in [0.2, 0.25) is 0 Å². The van der Waals surface area contributed by atoms with Gasteiger partial charge in [-0.25, -0.2) is 0 Å². The van der Waals surface area contributed by atoms with E-state index in [1.807, 2.05) is 31.2 Å². The molecule has 0 saturated heterocycles. The fraction of sp³-hybridized carbons (Fsp3) is 0.588. The Morgan fingerprint density at radius 2 is 2.10 bits per heavy atom. The average Bonchev–Trinajstić information content (AvgIpc) is 2.45. The molecule has 0 radical (unpaired) electrons. The molecule has 20 heavy (non-hydrogen) atoms. The second kappa shape index (κ2) is 7.44. The van der Waals surface area contributed by atoms with Crippen LogP contribution in [0.1, 0.15) is 44.6 Å². The molecule has 1 aliphatic rings. The van der Waals surface area contributed by atoms with Crippen LogP contribution in [0.5, 0.6) is 0 Å². The number of anilines is 1. The molecule has 3 nitrogen and oxygen atoms in total. The van der Waals surface area contributed by atoms with E-state index >= 15 is 0 Å². The molecule has 1 aromatic rings. The van der Waals surface area contributed by atoms with E-state index in [9.17, 15) is 4.79 Å². The summed E-state index contributed by atoms with van der Waals surface area (Å²) in [5.74, 6) is 0.784. The molecule has 1 aliphatic carbocycles. The van der Waals surface area contributed by atoms with E-state index in [2.05, 4.69) is 17.6 Å². The topological polar surface area (TPSA) is 41.1 Å². The molecule has 1 fully saturated rings. The van der Waals surface area contributed by atoms with E-state index in [0.717, 1.165) is 17.2 Å². The van der Waals surface area contributed by atoms with Gasteiger partial charge in [-0.15, -0.1) is 0 Å². The second-order valence-corrected chi connectivity index (χ2v) is 5.86. The number of hydrogen-bond donors (Lipinski definition) is 2. The third-order valence-electron chi connectivity index (χ3n) is 4.26. The summed E-state index contributed by atoms with van der Waals surface area (Å²) in [6.07, 6.45) is 6.33. The van der Waals surface area contributed by atoms with Crippen LogP contribution in [0, 0.1) is 12.8 Å². The number of aryl methyl sites for hydroxylation is 1. The van der Waals surface area contributed by atoms with E-state index in [1.165, 1.54) is 32.1 Å². The van der Waals surface area contributed by atoms with Crippen molar-refractivity contribution in [3.8, 4) is 0 Å². The third-order valence-corrected chi connectivity index (χ3v) is 4.26. The van der Waals surface area contributed by atoms with Crippen LogP contribution >= 0.6 is 0 Å². The fourth-order valence-electron chi connectivity index (χ4n) is 3.12. The van der Waals surface area contributed by atoms with Gasteiger partial charge in [0.2, 0.25) is 5.91 Å². The monoisotopic (exact) mass is 274 g/mol. The summed E-state index contributed by atoms with van der Waals surface area (Å²) in [4.78, 5) is 12.0. The number of benzene rings is 1. The number of hydrogen-bond acceptors (Lipinski definition) is 2. The first kappa shape index (κ1) is 15.0. The number of rotatable bonds is 5. The first-order valence-corrected chi connectivity index (χ1v) is 7.79. The lowest BCUT2D eigenvalue weighted by Crippen LogP contribution is -2.42. The van der Waals surface area contributed by atoms with E-state index in [4.69, 9.17) is 0 Å². The number of amides is 1. The normalized spacial score (nSPS) is 22.5. The summed E-state index contributed by atoms with van der Waals surface area (Å²) in [6, 6.07) is 8.43. The van der Waals surface area contributed by atoms with Crippen LogP contribution in [0.15, 0.2) is 24.3 Å². The Morgan fingerprint density at radius 3 is 2.85 bits per heavy atom. The zero-order chi connectivity index (χ0) is 14.4. The lowest BCUT2D eigenvalue weighted by molar-refractivity contribution is -0.115. The maximum atomic E-state index is 12.0. The summed E-state index contributed by atoms with van der Waals surface area (Å²) in [7, 11) is 0. The highest BCUT2D eigenvalue weighted by molar-refractivity contribution is 5.92. The molecule has 1 amide bonds. The number of carbonyl (C=O) groups excluding carboxylic acids is 1. The molecule has 0 bridgehead atoms. The predicted molar refractivity (Wildman–Crippen MR) is 83.8 cm³/mol. The first-order valence-electron chi connectivity index (χ1n) is 7.79. The summed E-state index contributed by atoms with van der Waals surface area (Å²) in [5, 5.41) is 6.40. The molecule has 3 heteroatoms. The van der Waals surface area contributed by atoms with Crippen molar-refractivity contribution in [3.05, 3.63) is 29.8 Å². The molecule has 110 valence electrons. The zero-order valence-corrected chi connectivity index (χ0v) is 12.6. The summed E-state index contributed by atoms with van der Waals surface area (Å²) >= 11 is 0. The van der Waals surface area contributed by atoms with Gasteiger partial charge in [0.15, 0.2) is 0 Å². The van der Waals surface area contributed by atoms with Crippen LogP contribution in [0.4, 0.5) is 5.69 Å². The van der Waals surface area contributed by atoms with Gasteiger partial charge in [-0.2, -0.15) is 0 Å². The van der Waals surface area contributed by atoms with Crippen molar-refractivity contribution in [2.45, 2.75) is 52.0 Å². The highest BCUT2D eigenvalue weighted by Gasteiger charge is 2.23. The minimum Gasteiger partial charge on any atom is -0.325 e. The molecule has 1 saturated carbocycles. The van der Waals surface area contributed by atoms with Gasteiger partial charge in [0.25, 0.3) is 0 Å². The van der Waals surface area contributed by atoms with Crippen molar-refractivity contribution in [3.63, 3.8) is 0 Å². The largest absolute Gasteiger partial charge is 0.325 e. The van der Waals surface area contributed by atoms with Gasteiger partial charge < -0.3 is 10.6 Å². The Hall–Kier alpha value is -1.35. The Bertz CT molecular complexity index is 444. The predicted octanol–water partition coefficient (Wildman–Crippen LogP) is 3.49. The van der Waals surface area contributed by atoms with Crippen molar-refractivity contribution in [2.24, 2.45) is 5.92 Å². The van der Waals surface area contributed by atoms with Gasteiger partial charge >= 0.3 is 0 Å². The van der Waals surface area contributed by atoms with Crippen LogP contribution in [0.25, 0.3) is 0 Å². The Labute approximate surface area is 122 Å². The van der Waals surface area contributed by atoms with Gasteiger partial charge in [-0.05, 0) is 43.4 Å². The van der Waals surface area contributed by atoms with Crippen LogP contribution in [-0.2, 0) is 4.79 Å². The van der Waals surface area contributed by atoms with Gasteiger partial charge in [0.05, 0.1) is 6.54 Å². The Balaban J connectivity index is 1.79. The highest BCUT2D eigenvalue weighted by Crippen LogP contribution is 2.26. The number of nitrogens with one attached hydrogen (secondary N) is 2. The molecule has 0 aromatic heterocycles. The van der Waals surface area contributed by atoms with Gasteiger partial charge in [0, 0.05) is 11.7 Å². The Kier molecular flexibility index (Phi) is 5.60. The molecule has 2 atom stereocenters. The second-order valence-electron chi connectivity index (χ2n) is 5.86. The van der Waals surface area contributed by atoms with Crippen molar-refractivity contribution < 1.29 is 4.79 Å². The molecular formula is C17H26N2O.